The minimum atomic E-state index is -0.572. The van der Waals surface area contributed by atoms with Crippen molar-refractivity contribution in [1.29, 1.82) is 0 Å². The van der Waals surface area contributed by atoms with Gasteiger partial charge in [0.05, 0.1) is 35.1 Å². The van der Waals surface area contributed by atoms with Crippen LogP contribution in [-0.2, 0) is 14.3 Å². The highest BCUT2D eigenvalue weighted by Crippen LogP contribution is 2.26. The van der Waals surface area contributed by atoms with Crippen molar-refractivity contribution in [3.63, 3.8) is 0 Å². The maximum absolute atomic E-state index is 13.4. The highest BCUT2D eigenvalue weighted by molar-refractivity contribution is 6.31. The second kappa shape index (κ2) is 19.3. The number of nitrogens with two attached hydrogens (primary N) is 1. The van der Waals surface area contributed by atoms with Gasteiger partial charge in [0.2, 0.25) is 5.91 Å². The largest absolute Gasteiger partial charge is 0.444 e. The molecule has 2 aliphatic heterocycles. The van der Waals surface area contributed by atoms with E-state index >= 15 is 0 Å². The molecule has 0 aliphatic carbocycles. The van der Waals surface area contributed by atoms with Gasteiger partial charge in [0.25, 0.3) is 11.1 Å². The van der Waals surface area contributed by atoms with Crippen molar-refractivity contribution in [2.45, 2.75) is 66.6 Å². The lowest BCUT2D eigenvalue weighted by Crippen LogP contribution is -2.50. The number of rotatable bonds is 6. The number of anilines is 4. The number of ether oxygens (including phenoxy) is 2. The number of carbonyl (C=O) groups is 3. The molecule has 4 aromatic rings. The Kier molecular flexibility index (Phi) is 14.6. The maximum Gasteiger partial charge on any atom is 0.410 e. The van der Waals surface area contributed by atoms with Crippen molar-refractivity contribution in [3.05, 3.63) is 91.7 Å². The molecule has 0 radical (unpaired) electrons. The van der Waals surface area contributed by atoms with Gasteiger partial charge in [-0.2, -0.15) is 19.6 Å². The van der Waals surface area contributed by atoms with E-state index in [1.807, 2.05) is 51.3 Å². The first-order valence-electron chi connectivity index (χ1n) is 19.9. The Morgan fingerprint density at radius 2 is 1.08 bits per heavy atom. The molecule has 2 aromatic carbocycles. The van der Waals surface area contributed by atoms with Crippen LogP contribution < -0.4 is 32.0 Å². The van der Waals surface area contributed by atoms with Crippen LogP contribution in [0.4, 0.5) is 32.3 Å². The van der Waals surface area contributed by atoms with Crippen LogP contribution in [0.1, 0.15) is 55.4 Å². The summed E-state index contributed by atoms with van der Waals surface area (Å²) in [6, 6.07) is 13.6. The van der Waals surface area contributed by atoms with Crippen LogP contribution in [0, 0.1) is 5.92 Å². The van der Waals surface area contributed by atoms with Crippen LogP contribution in [-0.4, -0.2) is 111 Å². The maximum atomic E-state index is 13.4. The summed E-state index contributed by atoms with van der Waals surface area (Å²) in [5.41, 5.74) is 6.51. The molecular weight excluding hydrogens is 827 g/mol. The zero-order valence-electron chi connectivity index (χ0n) is 35.8. The van der Waals surface area contributed by atoms with E-state index in [4.69, 9.17) is 38.4 Å². The fourth-order valence-corrected chi connectivity index (χ4v) is 6.65. The average Bonchev–Trinajstić information content (AvgIpc) is 3.18. The summed E-state index contributed by atoms with van der Waals surface area (Å²) >= 11 is 12.1. The Bertz CT molecular complexity index is 2340. The van der Waals surface area contributed by atoms with Gasteiger partial charge >= 0.3 is 12.2 Å². The lowest BCUT2D eigenvalue weighted by molar-refractivity contribution is -0.118. The normalized spacial score (nSPS) is 14.6. The number of halogens is 2. The summed E-state index contributed by atoms with van der Waals surface area (Å²) < 4.78 is 13.3. The van der Waals surface area contributed by atoms with Crippen LogP contribution in [0.5, 0.6) is 0 Å². The number of nitrogens with zero attached hydrogens (tertiary/aromatic N) is 8. The molecule has 17 nitrogen and oxygen atoms in total. The number of aromatic nitrogens is 4. The van der Waals surface area contributed by atoms with Gasteiger partial charge in [0.15, 0.2) is 0 Å². The predicted octanol–water partition coefficient (Wildman–Crippen LogP) is 6.06. The minimum Gasteiger partial charge on any atom is -0.444 e. The molecule has 0 bridgehead atoms. The smallest absolute Gasteiger partial charge is 0.410 e. The number of nitrogen functional groups attached to an aromatic ring is 1. The van der Waals surface area contributed by atoms with Gasteiger partial charge in [-0.15, -0.1) is 0 Å². The molecule has 0 atom stereocenters. The third kappa shape index (κ3) is 12.2. The molecule has 2 saturated heterocycles. The number of nitrogens with one attached hydrogen (secondary N) is 1. The Morgan fingerprint density at radius 3 is 1.49 bits per heavy atom. The number of amides is 3. The first kappa shape index (κ1) is 46.3. The van der Waals surface area contributed by atoms with Gasteiger partial charge in [-0.05, 0) is 77.9 Å². The molecule has 2 fully saturated rings. The summed E-state index contributed by atoms with van der Waals surface area (Å²) in [7, 11) is 0. The highest BCUT2D eigenvalue weighted by Gasteiger charge is 2.30. The van der Waals surface area contributed by atoms with Crippen molar-refractivity contribution in [3.8, 4) is 11.4 Å². The average molecular weight is 882 g/mol. The summed E-state index contributed by atoms with van der Waals surface area (Å²) in [6.07, 6.45) is 2.42. The Labute approximate surface area is 364 Å². The van der Waals surface area contributed by atoms with Crippen molar-refractivity contribution in [2.75, 3.05) is 73.2 Å². The summed E-state index contributed by atoms with van der Waals surface area (Å²) in [6.45, 7) is 18.3. The molecule has 0 spiro atoms. The quantitative estimate of drug-likeness (QED) is 0.228. The number of carbonyl (C=O) groups excluding carboxylic acids is 3. The second-order valence-corrected chi connectivity index (χ2v) is 17.7. The van der Waals surface area contributed by atoms with E-state index in [1.54, 1.807) is 84.6 Å². The first-order chi connectivity index (χ1) is 28.6. The van der Waals surface area contributed by atoms with Crippen LogP contribution >= 0.6 is 23.2 Å². The van der Waals surface area contributed by atoms with E-state index in [-0.39, 0.29) is 35.4 Å². The van der Waals surface area contributed by atoms with E-state index in [1.165, 1.54) is 9.36 Å². The molecule has 328 valence electrons. The van der Waals surface area contributed by atoms with E-state index in [2.05, 4.69) is 15.5 Å². The van der Waals surface area contributed by atoms with E-state index in [0.29, 0.717) is 85.2 Å². The molecule has 0 unspecified atom stereocenters. The summed E-state index contributed by atoms with van der Waals surface area (Å²) in [4.78, 5) is 70.3. The van der Waals surface area contributed by atoms with Gasteiger partial charge in [0.1, 0.15) is 22.6 Å². The molecule has 0 saturated carbocycles. The predicted molar refractivity (Wildman–Crippen MR) is 238 cm³/mol. The van der Waals surface area contributed by atoms with Crippen molar-refractivity contribution in [1.82, 2.24) is 29.4 Å². The molecule has 3 N–H and O–H groups in total. The van der Waals surface area contributed by atoms with Gasteiger partial charge in [-0.1, -0.05) is 49.2 Å². The van der Waals surface area contributed by atoms with Crippen LogP contribution in [0.3, 0.4) is 0 Å². The summed E-state index contributed by atoms with van der Waals surface area (Å²) in [5.74, 6) is -0.585. The number of benzene rings is 2. The molecule has 4 heterocycles. The van der Waals surface area contributed by atoms with Crippen LogP contribution in [0.25, 0.3) is 11.4 Å². The van der Waals surface area contributed by atoms with Crippen LogP contribution in [0.2, 0.25) is 10.0 Å². The molecule has 3 amide bonds. The van der Waals surface area contributed by atoms with E-state index in [0.717, 1.165) is 0 Å². The lowest BCUT2D eigenvalue weighted by atomic mass is 10.2. The number of piperazine rings is 2. The fourth-order valence-electron chi connectivity index (χ4n) is 6.28. The van der Waals surface area contributed by atoms with Gasteiger partial charge < -0.3 is 40.1 Å². The fraction of sp³-hybridized carbons (Fsp3) is 0.452. The number of hydrogen-bond acceptors (Lipinski definition) is 12. The van der Waals surface area contributed by atoms with Crippen molar-refractivity contribution in [2.24, 2.45) is 5.92 Å². The molecule has 2 aliphatic rings. The third-order valence-corrected chi connectivity index (χ3v) is 9.84. The standard InChI is InChI=1S/C23H30ClN5O4.C19H24ClN5O3/c1-15(2)20(30)26-19-18(14-25-29(21(19)31)17-8-6-7-16(24)13-17)27-9-11-28(12-10-27)22(32)33-23(3,4)5;1-19(2,3)28-18(27)24-9-7-23(8-10-24)15-12-22-25(17(26)16(15)21)14-6-4-5-13(20)11-14/h6-8,13-15H,9-12H2,1-5H3,(H,26,30);4-6,11-12H,7-10,21H2,1-3H3. The Balaban J connectivity index is 0.000000234. The molecular formula is C42H54Cl2N10O7. The molecule has 6 rings (SSSR count). The first-order valence-corrected chi connectivity index (χ1v) is 20.7. The Hall–Kier alpha value is -5.81. The topological polar surface area (TPSA) is 190 Å². The van der Waals surface area contributed by atoms with Gasteiger partial charge in [-0.3, -0.25) is 14.4 Å². The number of hydrogen-bond donors (Lipinski definition) is 2. The monoisotopic (exact) mass is 880 g/mol. The third-order valence-electron chi connectivity index (χ3n) is 9.37. The molecule has 2 aromatic heterocycles. The van der Waals surface area contributed by atoms with Crippen molar-refractivity contribution < 1.29 is 23.9 Å². The highest BCUT2D eigenvalue weighted by atomic mass is 35.5. The van der Waals surface area contributed by atoms with Gasteiger partial charge in [0, 0.05) is 68.3 Å². The lowest BCUT2D eigenvalue weighted by Gasteiger charge is -2.37. The summed E-state index contributed by atoms with van der Waals surface area (Å²) in [5, 5.41) is 12.3. The minimum absolute atomic E-state index is 0.112. The van der Waals surface area contributed by atoms with Crippen LogP contribution in [0.15, 0.2) is 70.5 Å². The zero-order valence-corrected chi connectivity index (χ0v) is 37.3. The van der Waals surface area contributed by atoms with E-state index < -0.39 is 22.3 Å². The second-order valence-electron chi connectivity index (χ2n) is 16.8. The molecule has 19 heteroatoms. The van der Waals surface area contributed by atoms with Crippen molar-refractivity contribution >= 4 is 64.0 Å². The zero-order chi connectivity index (χ0) is 44.8. The molecule has 61 heavy (non-hydrogen) atoms. The van der Waals surface area contributed by atoms with E-state index in [9.17, 15) is 24.0 Å². The van der Waals surface area contributed by atoms with Gasteiger partial charge in [-0.25, -0.2) is 9.59 Å². The Morgan fingerprint density at radius 1 is 0.672 bits per heavy atom. The SMILES string of the molecule is CC(C)(C)OC(=O)N1CCN(c2cnn(-c3cccc(Cl)c3)c(=O)c2N)CC1.CC(C)C(=O)Nc1c(N2CCN(C(=O)OC(C)(C)C)CC2)cnn(-c2cccc(Cl)c2)c1=O.